The first kappa shape index (κ1) is 14.2. The average Bonchev–Trinajstić information content (AvgIpc) is 2.98. The Morgan fingerprint density at radius 2 is 2.30 bits per heavy atom. The molecule has 0 aliphatic carbocycles. The van der Waals surface area contributed by atoms with Crippen molar-refractivity contribution in [2.45, 2.75) is 19.9 Å². The fourth-order valence-electron chi connectivity index (χ4n) is 2.94. The molecule has 0 amide bonds. The molecule has 3 nitrogen and oxygen atoms in total. The summed E-state index contributed by atoms with van der Waals surface area (Å²) in [7, 11) is 0. The number of aromatic nitrogens is 2. The minimum absolute atomic E-state index is 0.265. The van der Waals surface area contributed by atoms with Crippen LogP contribution < -0.4 is 0 Å². The summed E-state index contributed by atoms with van der Waals surface area (Å²) in [4.78, 5) is 5.55. The van der Waals surface area contributed by atoms with Gasteiger partial charge in [0.2, 0.25) is 0 Å². The number of hydrogen-bond acceptors (Lipinski definition) is 2. The summed E-state index contributed by atoms with van der Waals surface area (Å²) in [6, 6.07) is 3.31. The van der Waals surface area contributed by atoms with Crippen molar-refractivity contribution in [2.75, 3.05) is 19.6 Å². The van der Waals surface area contributed by atoms with Gasteiger partial charge in [-0.25, -0.2) is 4.39 Å². The first-order chi connectivity index (χ1) is 9.58. The van der Waals surface area contributed by atoms with Gasteiger partial charge in [0, 0.05) is 19.2 Å². The molecule has 1 aliphatic heterocycles. The molecule has 2 aromatic rings. The Balaban J connectivity index is 1.93. The first-order valence-corrected chi connectivity index (χ1v) is 8.08. The predicted octanol–water partition coefficient (Wildman–Crippen LogP) is 3.94. The van der Waals surface area contributed by atoms with Crippen LogP contribution in [0, 0.1) is 16.5 Å². The standard InChI is InChI=1S/C14H17BrFN3S/c1-2-18-4-3-9(7-18)8-19-13-5-10(15)11(16)6-12(13)17-14(19)20/h5-6,9H,2-4,7-8H2,1H3,(H,17,20). The molecule has 108 valence electrons. The van der Waals surface area contributed by atoms with E-state index < -0.39 is 0 Å². The molecule has 2 heterocycles. The van der Waals surface area contributed by atoms with Crippen molar-refractivity contribution in [3.05, 3.63) is 27.2 Å². The molecule has 1 N–H and O–H groups in total. The molecular weight excluding hydrogens is 341 g/mol. The average molecular weight is 358 g/mol. The highest BCUT2D eigenvalue weighted by molar-refractivity contribution is 9.10. The van der Waals surface area contributed by atoms with Gasteiger partial charge in [-0.2, -0.15) is 0 Å². The molecule has 1 unspecified atom stereocenters. The minimum atomic E-state index is -0.265. The number of nitrogens with one attached hydrogen (secondary N) is 1. The maximum Gasteiger partial charge on any atom is 0.178 e. The van der Waals surface area contributed by atoms with Crippen LogP contribution in [0.15, 0.2) is 16.6 Å². The highest BCUT2D eigenvalue weighted by Crippen LogP contribution is 2.25. The van der Waals surface area contributed by atoms with Gasteiger partial charge < -0.3 is 14.5 Å². The van der Waals surface area contributed by atoms with Gasteiger partial charge in [-0.15, -0.1) is 0 Å². The molecule has 0 spiro atoms. The van der Waals surface area contributed by atoms with Crippen LogP contribution in [0.2, 0.25) is 0 Å². The third-order valence-electron chi connectivity index (χ3n) is 4.07. The second-order valence-corrected chi connectivity index (χ2v) is 6.61. The Morgan fingerprint density at radius 1 is 1.50 bits per heavy atom. The van der Waals surface area contributed by atoms with E-state index in [0.29, 0.717) is 15.2 Å². The van der Waals surface area contributed by atoms with Gasteiger partial charge in [-0.3, -0.25) is 0 Å². The topological polar surface area (TPSA) is 24.0 Å². The number of likely N-dealkylation sites (tertiary alicyclic amines) is 1. The van der Waals surface area contributed by atoms with Crippen molar-refractivity contribution in [2.24, 2.45) is 5.92 Å². The van der Waals surface area contributed by atoms with E-state index in [1.54, 1.807) is 0 Å². The normalized spacial score (nSPS) is 20.1. The Bertz CT molecular complexity index is 694. The van der Waals surface area contributed by atoms with E-state index in [-0.39, 0.29) is 5.82 Å². The summed E-state index contributed by atoms with van der Waals surface area (Å²) in [5.74, 6) is 0.350. The van der Waals surface area contributed by atoms with Crippen LogP contribution in [0.1, 0.15) is 13.3 Å². The van der Waals surface area contributed by atoms with Gasteiger partial charge in [0.05, 0.1) is 15.5 Å². The van der Waals surface area contributed by atoms with Gasteiger partial charge in [-0.1, -0.05) is 6.92 Å². The Morgan fingerprint density at radius 3 is 3.00 bits per heavy atom. The van der Waals surface area contributed by atoms with E-state index in [2.05, 4.69) is 37.3 Å². The molecule has 1 atom stereocenters. The summed E-state index contributed by atoms with van der Waals surface area (Å²) in [5, 5.41) is 0. The number of halogens is 2. The maximum atomic E-state index is 13.6. The lowest BCUT2D eigenvalue weighted by atomic mass is 10.1. The number of nitrogens with zero attached hydrogens (tertiary/aromatic N) is 2. The lowest BCUT2D eigenvalue weighted by Crippen LogP contribution is -2.21. The van der Waals surface area contributed by atoms with Gasteiger partial charge in [0.25, 0.3) is 0 Å². The monoisotopic (exact) mass is 357 g/mol. The van der Waals surface area contributed by atoms with Gasteiger partial charge in [0.15, 0.2) is 4.77 Å². The largest absolute Gasteiger partial charge is 0.330 e. The lowest BCUT2D eigenvalue weighted by molar-refractivity contribution is 0.333. The number of rotatable bonds is 3. The lowest BCUT2D eigenvalue weighted by Gasteiger charge is -2.14. The van der Waals surface area contributed by atoms with Crippen molar-refractivity contribution in [3.8, 4) is 0 Å². The maximum absolute atomic E-state index is 13.6. The fraction of sp³-hybridized carbons (Fsp3) is 0.500. The van der Waals surface area contributed by atoms with Crippen molar-refractivity contribution < 1.29 is 4.39 Å². The van der Waals surface area contributed by atoms with Crippen LogP contribution in [-0.2, 0) is 6.54 Å². The quantitative estimate of drug-likeness (QED) is 0.841. The smallest absolute Gasteiger partial charge is 0.178 e. The number of H-pyrrole nitrogens is 1. The zero-order chi connectivity index (χ0) is 14.3. The van der Waals surface area contributed by atoms with Gasteiger partial charge in [-0.05, 0) is 59.6 Å². The van der Waals surface area contributed by atoms with Crippen molar-refractivity contribution in [3.63, 3.8) is 0 Å². The molecule has 6 heteroatoms. The van der Waals surface area contributed by atoms with Crippen LogP contribution in [0.5, 0.6) is 0 Å². The summed E-state index contributed by atoms with van der Waals surface area (Å²) in [6.07, 6.45) is 1.20. The molecule has 0 saturated carbocycles. The second kappa shape index (κ2) is 5.58. The zero-order valence-corrected chi connectivity index (χ0v) is 13.7. The van der Waals surface area contributed by atoms with Gasteiger partial charge in [0.1, 0.15) is 5.82 Å². The van der Waals surface area contributed by atoms with Crippen LogP contribution in [0.25, 0.3) is 11.0 Å². The SMILES string of the molecule is CCN1CCC(Cn2c(=S)[nH]c3cc(F)c(Br)cc32)C1. The van der Waals surface area contributed by atoms with E-state index in [0.717, 1.165) is 37.2 Å². The molecular formula is C14H17BrFN3S. The molecule has 1 aromatic heterocycles. The highest BCUT2D eigenvalue weighted by atomic mass is 79.9. The molecule has 1 saturated heterocycles. The van der Waals surface area contributed by atoms with E-state index in [1.807, 2.05) is 6.07 Å². The summed E-state index contributed by atoms with van der Waals surface area (Å²) in [5.41, 5.74) is 1.74. The number of benzene rings is 1. The number of aromatic amines is 1. The zero-order valence-electron chi connectivity index (χ0n) is 11.3. The van der Waals surface area contributed by atoms with E-state index in [4.69, 9.17) is 12.2 Å². The molecule has 0 radical (unpaired) electrons. The van der Waals surface area contributed by atoms with Crippen LogP contribution in [0.3, 0.4) is 0 Å². The number of hydrogen-bond donors (Lipinski definition) is 1. The number of imidazole rings is 1. The molecule has 20 heavy (non-hydrogen) atoms. The molecule has 1 fully saturated rings. The fourth-order valence-corrected chi connectivity index (χ4v) is 3.55. The van der Waals surface area contributed by atoms with Crippen molar-refractivity contribution in [1.82, 2.24) is 14.5 Å². The minimum Gasteiger partial charge on any atom is -0.330 e. The van der Waals surface area contributed by atoms with Crippen LogP contribution in [-0.4, -0.2) is 34.1 Å². The number of fused-ring (bicyclic) bond motifs is 1. The molecule has 1 aliphatic rings. The predicted molar refractivity (Wildman–Crippen MR) is 85.0 cm³/mol. The van der Waals surface area contributed by atoms with Gasteiger partial charge >= 0.3 is 0 Å². The van der Waals surface area contributed by atoms with Crippen LogP contribution >= 0.6 is 28.1 Å². The summed E-state index contributed by atoms with van der Waals surface area (Å²) in [6.45, 7) is 6.47. The molecule has 0 bridgehead atoms. The van der Waals surface area contributed by atoms with Crippen molar-refractivity contribution >= 4 is 39.2 Å². The van der Waals surface area contributed by atoms with E-state index >= 15 is 0 Å². The molecule has 1 aromatic carbocycles. The third kappa shape index (κ3) is 2.56. The van der Waals surface area contributed by atoms with Crippen molar-refractivity contribution in [1.29, 1.82) is 0 Å². The summed E-state index contributed by atoms with van der Waals surface area (Å²) < 4.78 is 16.8. The Hall–Kier alpha value is -0.720. The highest BCUT2D eigenvalue weighted by Gasteiger charge is 2.22. The summed E-state index contributed by atoms with van der Waals surface area (Å²) >= 11 is 8.64. The third-order valence-corrected chi connectivity index (χ3v) is 5.00. The second-order valence-electron chi connectivity index (χ2n) is 5.37. The first-order valence-electron chi connectivity index (χ1n) is 6.88. The Labute approximate surface area is 130 Å². The van der Waals surface area contributed by atoms with Crippen LogP contribution in [0.4, 0.5) is 4.39 Å². The Kier molecular flexibility index (Phi) is 3.97. The van der Waals surface area contributed by atoms with E-state index in [9.17, 15) is 4.39 Å². The van der Waals surface area contributed by atoms with E-state index in [1.165, 1.54) is 12.5 Å². The molecule has 3 rings (SSSR count).